The van der Waals surface area contributed by atoms with E-state index in [1.54, 1.807) is 12.1 Å². The third kappa shape index (κ3) is 2.53. The zero-order valence-corrected chi connectivity index (χ0v) is 9.96. The zero-order chi connectivity index (χ0) is 11.5. The largest absolute Gasteiger partial charge is 0.370 e. The Bertz CT molecular complexity index is 345. The van der Waals surface area contributed by atoms with Gasteiger partial charge in [-0.15, -0.1) is 0 Å². The van der Waals surface area contributed by atoms with Gasteiger partial charge < -0.3 is 10.2 Å². The van der Waals surface area contributed by atoms with Crippen molar-refractivity contribution in [1.82, 2.24) is 5.32 Å². The molecule has 2 nitrogen and oxygen atoms in total. The van der Waals surface area contributed by atoms with Gasteiger partial charge in [0.1, 0.15) is 5.82 Å². The quantitative estimate of drug-likeness (QED) is 0.844. The summed E-state index contributed by atoms with van der Waals surface area (Å²) < 4.78 is 13.3. The third-order valence-electron chi connectivity index (χ3n) is 3.07. The van der Waals surface area contributed by atoms with E-state index in [2.05, 4.69) is 23.2 Å². The van der Waals surface area contributed by atoms with Gasteiger partial charge in [-0.3, -0.25) is 0 Å². The number of hydrogen-bond donors (Lipinski definition) is 1. The van der Waals surface area contributed by atoms with Crippen molar-refractivity contribution in [2.75, 3.05) is 24.5 Å². The number of halogens is 1. The lowest BCUT2D eigenvalue weighted by atomic mass is 10.2. The summed E-state index contributed by atoms with van der Waals surface area (Å²) in [5, 5.41) is 3.44. The molecule has 0 saturated carbocycles. The predicted octanol–water partition coefficient (Wildman–Crippen LogP) is 2.32. The van der Waals surface area contributed by atoms with E-state index in [9.17, 15) is 4.39 Å². The maximum atomic E-state index is 13.3. The first kappa shape index (κ1) is 11.4. The second kappa shape index (κ2) is 4.83. The number of nitrogens with one attached hydrogen (secondary N) is 1. The van der Waals surface area contributed by atoms with Crippen LogP contribution in [0.4, 0.5) is 10.1 Å². The molecule has 1 aliphatic rings. The Labute approximate surface area is 96.5 Å². The average molecular weight is 222 g/mol. The van der Waals surface area contributed by atoms with Gasteiger partial charge in [0, 0.05) is 24.8 Å². The summed E-state index contributed by atoms with van der Waals surface area (Å²) in [5.41, 5.74) is 2.00. The first-order chi connectivity index (χ1) is 7.69. The molecular formula is C13H19FN2. The van der Waals surface area contributed by atoms with Crippen LogP contribution in [0.1, 0.15) is 18.9 Å². The highest BCUT2D eigenvalue weighted by atomic mass is 19.1. The smallest absolute Gasteiger partial charge is 0.125 e. The fourth-order valence-electron chi connectivity index (χ4n) is 2.35. The molecule has 1 aromatic rings. The number of benzene rings is 1. The molecule has 1 aromatic carbocycles. The molecule has 88 valence electrons. The molecule has 0 spiro atoms. The van der Waals surface area contributed by atoms with Gasteiger partial charge in [0.05, 0.1) is 0 Å². The SMILES string of the molecule is CCNC1CCN(c2cc(C)cc(F)c2)C1. The Morgan fingerprint density at radius 2 is 2.25 bits per heavy atom. The monoisotopic (exact) mass is 222 g/mol. The molecule has 3 heteroatoms. The lowest BCUT2D eigenvalue weighted by Gasteiger charge is -2.19. The van der Waals surface area contributed by atoms with Crippen LogP contribution in [0, 0.1) is 12.7 Å². The molecule has 0 bridgehead atoms. The van der Waals surface area contributed by atoms with Crippen LogP contribution in [0.25, 0.3) is 0 Å². The Morgan fingerprint density at radius 1 is 1.44 bits per heavy atom. The van der Waals surface area contributed by atoms with E-state index in [0.717, 1.165) is 37.3 Å². The normalized spacial score (nSPS) is 20.4. The maximum Gasteiger partial charge on any atom is 0.125 e. The summed E-state index contributed by atoms with van der Waals surface area (Å²) in [6.45, 7) is 7.05. The number of nitrogens with zero attached hydrogens (tertiary/aromatic N) is 1. The van der Waals surface area contributed by atoms with Crippen molar-refractivity contribution in [2.24, 2.45) is 0 Å². The molecule has 0 aliphatic carbocycles. The zero-order valence-electron chi connectivity index (χ0n) is 9.96. The minimum absolute atomic E-state index is 0.137. The molecule has 1 aliphatic heterocycles. The summed E-state index contributed by atoms with van der Waals surface area (Å²) in [7, 11) is 0. The molecule has 1 unspecified atom stereocenters. The van der Waals surface area contributed by atoms with Gasteiger partial charge in [-0.2, -0.15) is 0 Å². The fourth-order valence-corrected chi connectivity index (χ4v) is 2.35. The van der Waals surface area contributed by atoms with E-state index in [1.165, 1.54) is 0 Å². The van der Waals surface area contributed by atoms with Crippen LogP contribution in [0.15, 0.2) is 18.2 Å². The molecule has 0 aromatic heterocycles. The Kier molecular flexibility index (Phi) is 3.44. The molecule has 0 radical (unpaired) electrons. The number of rotatable bonds is 3. The van der Waals surface area contributed by atoms with Gasteiger partial charge in [0.25, 0.3) is 0 Å². The topological polar surface area (TPSA) is 15.3 Å². The lowest BCUT2D eigenvalue weighted by molar-refractivity contribution is 0.571. The lowest BCUT2D eigenvalue weighted by Crippen LogP contribution is -2.32. The van der Waals surface area contributed by atoms with Crippen molar-refractivity contribution < 1.29 is 4.39 Å². The predicted molar refractivity (Wildman–Crippen MR) is 65.4 cm³/mol. The second-order valence-electron chi connectivity index (χ2n) is 4.48. The van der Waals surface area contributed by atoms with Crippen LogP contribution in [0.5, 0.6) is 0 Å². The van der Waals surface area contributed by atoms with Crippen LogP contribution in [0.2, 0.25) is 0 Å². The van der Waals surface area contributed by atoms with Crippen molar-refractivity contribution in [3.63, 3.8) is 0 Å². The summed E-state index contributed by atoms with van der Waals surface area (Å²) in [6, 6.07) is 5.80. The van der Waals surface area contributed by atoms with Crippen LogP contribution >= 0.6 is 0 Å². The number of likely N-dealkylation sites (N-methyl/N-ethyl adjacent to an activating group) is 1. The Hall–Kier alpha value is -1.09. The standard InChI is InChI=1S/C13H19FN2/c1-3-15-12-4-5-16(9-12)13-7-10(2)6-11(14)8-13/h6-8,12,15H,3-5,9H2,1-2H3. The summed E-state index contributed by atoms with van der Waals surface area (Å²) >= 11 is 0. The highest BCUT2D eigenvalue weighted by Gasteiger charge is 2.21. The van der Waals surface area contributed by atoms with Gasteiger partial charge in [0.2, 0.25) is 0 Å². The van der Waals surface area contributed by atoms with E-state index in [4.69, 9.17) is 0 Å². The maximum absolute atomic E-state index is 13.3. The molecule has 16 heavy (non-hydrogen) atoms. The van der Waals surface area contributed by atoms with E-state index in [-0.39, 0.29) is 5.82 Å². The Morgan fingerprint density at radius 3 is 2.94 bits per heavy atom. The summed E-state index contributed by atoms with van der Waals surface area (Å²) in [5.74, 6) is -0.137. The summed E-state index contributed by atoms with van der Waals surface area (Å²) in [6.07, 6.45) is 1.14. The van der Waals surface area contributed by atoms with Crippen molar-refractivity contribution in [1.29, 1.82) is 0 Å². The molecular weight excluding hydrogens is 203 g/mol. The Balaban J connectivity index is 2.08. The van der Waals surface area contributed by atoms with E-state index < -0.39 is 0 Å². The highest BCUT2D eigenvalue weighted by molar-refractivity contribution is 5.50. The minimum Gasteiger partial charge on any atom is -0.370 e. The third-order valence-corrected chi connectivity index (χ3v) is 3.07. The molecule has 1 heterocycles. The van der Waals surface area contributed by atoms with Crippen LogP contribution in [0.3, 0.4) is 0 Å². The van der Waals surface area contributed by atoms with Gasteiger partial charge in [-0.1, -0.05) is 6.92 Å². The van der Waals surface area contributed by atoms with E-state index in [0.29, 0.717) is 6.04 Å². The number of hydrogen-bond acceptors (Lipinski definition) is 2. The van der Waals surface area contributed by atoms with Crippen LogP contribution < -0.4 is 10.2 Å². The number of anilines is 1. The van der Waals surface area contributed by atoms with Crippen molar-refractivity contribution in [2.45, 2.75) is 26.3 Å². The number of aryl methyl sites for hydroxylation is 1. The van der Waals surface area contributed by atoms with Crippen molar-refractivity contribution in [3.8, 4) is 0 Å². The van der Waals surface area contributed by atoms with Gasteiger partial charge in [-0.25, -0.2) is 4.39 Å². The second-order valence-corrected chi connectivity index (χ2v) is 4.48. The molecule has 1 saturated heterocycles. The van der Waals surface area contributed by atoms with Crippen molar-refractivity contribution >= 4 is 5.69 Å². The van der Waals surface area contributed by atoms with Crippen molar-refractivity contribution in [3.05, 3.63) is 29.6 Å². The minimum atomic E-state index is -0.137. The fraction of sp³-hybridized carbons (Fsp3) is 0.538. The molecule has 0 amide bonds. The molecule has 1 fully saturated rings. The molecule has 1 atom stereocenters. The van der Waals surface area contributed by atoms with E-state index >= 15 is 0 Å². The van der Waals surface area contributed by atoms with E-state index in [1.807, 2.05) is 6.92 Å². The van der Waals surface area contributed by atoms with Gasteiger partial charge in [-0.05, 0) is 43.7 Å². The molecule has 2 rings (SSSR count). The highest BCUT2D eigenvalue weighted by Crippen LogP contribution is 2.22. The van der Waals surface area contributed by atoms with Crippen LogP contribution in [-0.2, 0) is 0 Å². The summed E-state index contributed by atoms with van der Waals surface area (Å²) in [4.78, 5) is 2.25. The van der Waals surface area contributed by atoms with Gasteiger partial charge in [0.15, 0.2) is 0 Å². The van der Waals surface area contributed by atoms with Crippen LogP contribution in [-0.4, -0.2) is 25.7 Å². The first-order valence-electron chi connectivity index (χ1n) is 5.94. The molecule has 1 N–H and O–H groups in total. The average Bonchev–Trinajstić information content (AvgIpc) is 2.65. The van der Waals surface area contributed by atoms with Gasteiger partial charge >= 0.3 is 0 Å². The first-order valence-corrected chi connectivity index (χ1v) is 5.94.